The Labute approximate surface area is 158 Å². The minimum absolute atomic E-state index is 0. The summed E-state index contributed by atoms with van der Waals surface area (Å²) in [7, 11) is 1.84. The van der Waals surface area contributed by atoms with Crippen LogP contribution in [-0.2, 0) is 4.74 Å². The summed E-state index contributed by atoms with van der Waals surface area (Å²) in [5.74, 6) is 0.899. The van der Waals surface area contributed by atoms with Crippen molar-refractivity contribution in [2.24, 2.45) is 4.99 Å². The molecule has 0 aromatic rings. The number of hydrogen-bond acceptors (Lipinski definition) is 3. The van der Waals surface area contributed by atoms with Crippen LogP contribution in [-0.4, -0.2) is 61.3 Å². The number of guanidine groups is 1. The maximum absolute atomic E-state index is 5.84. The number of halogens is 1. The van der Waals surface area contributed by atoms with Gasteiger partial charge in [0.05, 0.1) is 12.2 Å². The molecule has 0 aromatic carbocycles. The highest BCUT2D eigenvalue weighted by Crippen LogP contribution is 2.20. The van der Waals surface area contributed by atoms with E-state index in [0.717, 1.165) is 38.4 Å². The first kappa shape index (κ1) is 20.7. The zero-order valence-electron chi connectivity index (χ0n) is 15.1. The van der Waals surface area contributed by atoms with Gasteiger partial charge < -0.3 is 15.4 Å². The third-order valence-electron chi connectivity index (χ3n) is 4.54. The van der Waals surface area contributed by atoms with Crippen molar-refractivity contribution < 1.29 is 4.74 Å². The summed E-state index contributed by atoms with van der Waals surface area (Å²) >= 11 is 0. The summed E-state index contributed by atoms with van der Waals surface area (Å²) in [5.41, 5.74) is 0.0673. The van der Waals surface area contributed by atoms with Gasteiger partial charge in [0.1, 0.15) is 0 Å². The quantitative estimate of drug-likeness (QED) is 0.308. The van der Waals surface area contributed by atoms with Crippen LogP contribution < -0.4 is 10.6 Å². The molecule has 6 heteroatoms. The average molecular weight is 436 g/mol. The van der Waals surface area contributed by atoms with Crippen molar-refractivity contribution in [1.82, 2.24) is 15.5 Å². The SMILES string of the molecule is CN=C(NCC(C)(C)N1CC(C)OC(C)C1)NC1CC=CC1.I. The van der Waals surface area contributed by atoms with E-state index >= 15 is 0 Å². The minimum Gasteiger partial charge on any atom is -0.373 e. The molecule has 1 aliphatic heterocycles. The molecule has 1 saturated heterocycles. The number of morpholine rings is 1. The van der Waals surface area contributed by atoms with E-state index in [1.165, 1.54) is 0 Å². The second-order valence-corrected chi connectivity index (χ2v) is 7.18. The van der Waals surface area contributed by atoms with E-state index in [1.807, 2.05) is 7.05 Å². The Kier molecular flexibility index (Phi) is 8.30. The molecule has 0 spiro atoms. The Bertz CT molecular complexity index is 407. The van der Waals surface area contributed by atoms with Crippen LogP contribution in [0.25, 0.3) is 0 Å². The van der Waals surface area contributed by atoms with Crippen molar-refractivity contribution in [3.63, 3.8) is 0 Å². The molecule has 2 N–H and O–H groups in total. The topological polar surface area (TPSA) is 48.9 Å². The van der Waals surface area contributed by atoms with Crippen LogP contribution in [0.5, 0.6) is 0 Å². The molecule has 0 aromatic heterocycles. The standard InChI is InChI=1S/C17H32N4O.HI/c1-13-10-21(11-14(2)22-13)17(3,4)12-19-16(18-5)20-15-8-6-7-9-15;/h6-7,13-15H,8-12H2,1-5H3,(H2,18,19,20);1H. The normalized spacial score (nSPS) is 26.9. The minimum atomic E-state index is 0. The zero-order chi connectivity index (χ0) is 16.2. The highest BCUT2D eigenvalue weighted by Gasteiger charge is 2.33. The summed E-state index contributed by atoms with van der Waals surface area (Å²) < 4.78 is 5.84. The number of nitrogens with zero attached hydrogens (tertiary/aromatic N) is 2. The highest BCUT2D eigenvalue weighted by atomic mass is 127. The van der Waals surface area contributed by atoms with E-state index in [1.54, 1.807) is 0 Å². The smallest absolute Gasteiger partial charge is 0.191 e. The van der Waals surface area contributed by atoms with Crippen molar-refractivity contribution in [2.75, 3.05) is 26.7 Å². The Morgan fingerprint density at radius 1 is 1.22 bits per heavy atom. The summed E-state index contributed by atoms with van der Waals surface area (Å²) in [4.78, 5) is 6.87. The van der Waals surface area contributed by atoms with Gasteiger partial charge in [0.2, 0.25) is 0 Å². The van der Waals surface area contributed by atoms with Gasteiger partial charge >= 0.3 is 0 Å². The van der Waals surface area contributed by atoms with Crippen molar-refractivity contribution in [1.29, 1.82) is 0 Å². The monoisotopic (exact) mass is 436 g/mol. The van der Waals surface area contributed by atoms with Crippen LogP contribution in [0, 0.1) is 0 Å². The van der Waals surface area contributed by atoms with Crippen molar-refractivity contribution in [2.45, 2.75) is 64.3 Å². The molecule has 2 atom stereocenters. The number of rotatable bonds is 4. The van der Waals surface area contributed by atoms with Gasteiger partial charge in [-0.2, -0.15) is 0 Å². The Balaban J connectivity index is 0.00000264. The van der Waals surface area contributed by atoms with Crippen molar-refractivity contribution in [3.8, 4) is 0 Å². The van der Waals surface area contributed by atoms with Crippen LogP contribution in [0.1, 0.15) is 40.5 Å². The fourth-order valence-corrected chi connectivity index (χ4v) is 3.21. The van der Waals surface area contributed by atoms with Gasteiger partial charge in [-0.3, -0.25) is 9.89 Å². The van der Waals surface area contributed by atoms with Crippen LogP contribution in [0.4, 0.5) is 0 Å². The van der Waals surface area contributed by atoms with E-state index in [9.17, 15) is 0 Å². The maximum atomic E-state index is 5.84. The molecule has 0 bridgehead atoms. The van der Waals surface area contributed by atoms with Crippen LogP contribution in [0.15, 0.2) is 17.1 Å². The molecular weight excluding hydrogens is 403 g/mol. The molecule has 0 radical (unpaired) electrons. The number of hydrogen-bond donors (Lipinski definition) is 2. The average Bonchev–Trinajstić information content (AvgIpc) is 2.95. The lowest BCUT2D eigenvalue weighted by Crippen LogP contribution is -2.59. The summed E-state index contributed by atoms with van der Waals surface area (Å²) in [5, 5.41) is 6.98. The van der Waals surface area contributed by atoms with Gasteiger partial charge in [0.15, 0.2) is 5.96 Å². The summed E-state index contributed by atoms with van der Waals surface area (Å²) in [6.45, 7) is 11.7. The van der Waals surface area contributed by atoms with Gasteiger partial charge in [0, 0.05) is 38.3 Å². The van der Waals surface area contributed by atoms with Gasteiger partial charge in [-0.1, -0.05) is 12.2 Å². The second kappa shape index (κ2) is 9.22. The predicted octanol–water partition coefficient (Wildman–Crippen LogP) is 2.38. The van der Waals surface area contributed by atoms with Crippen LogP contribution in [0.3, 0.4) is 0 Å². The molecule has 1 aliphatic carbocycles. The van der Waals surface area contributed by atoms with E-state index in [-0.39, 0.29) is 29.5 Å². The summed E-state index contributed by atoms with van der Waals surface area (Å²) in [6.07, 6.45) is 7.22. The molecule has 0 amide bonds. The first-order valence-electron chi connectivity index (χ1n) is 8.43. The lowest BCUT2D eigenvalue weighted by molar-refractivity contribution is -0.0946. The second-order valence-electron chi connectivity index (χ2n) is 7.18. The van der Waals surface area contributed by atoms with Gasteiger partial charge in [-0.05, 0) is 40.5 Å². The van der Waals surface area contributed by atoms with E-state index in [0.29, 0.717) is 18.2 Å². The Morgan fingerprint density at radius 2 is 1.78 bits per heavy atom. The number of nitrogens with one attached hydrogen (secondary N) is 2. The molecule has 1 fully saturated rings. The Hall–Kier alpha value is -0.340. The van der Waals surface area contributed by atoms with Crippen LogP contribution in [0.2, 0.25) is 0 Å². The molecule has 23 heavy (non-hydrogen) atoms. The lowest BCUT2D eigenvalue weighted by Gasteiger charge is -2.45. The van der Waals surface area contributed by atoms with E-state index in [4.69, 9.17) is 4.74 Å². The van der Waals surface area contributed by atoms with Crippen molar-refractivity contribution in [3.05, 3.63) is 12.2 Å². The fraction of sp³-hybridized carbons (Fsp3) is 0.824. The largest absolute Gasteiger partial charge is 0.373 e. The molecule has 134 valence electrons. The highest BCUT2D eigenvalue weighted by molar-refractivity contribution is 14.0. The molecular formula is C17H33IN4O. The van der Waals surface area contributed by atoms with E-state index < -0.39 is 0 Å². The first-order chi connectivity index (χ1) is 10.4. The molecule has 2 aliphatic rings. The van der Waals surface area contributed by atoms with E-state index in [2.05, 4.69) is 60.4 Å². The van der Waals surface area contributed by atoms with Crippen LogP contribution >= 0.6 is 24.0 Å². The third-order valence-corrected chi connectivity index (χ3v) is 4.54. The maximum Gasteiger partial charge on any atom is 0.191 e. The number of aliphatic imine (C=N–C) groups is 1. The first-order valence-corrected chi connectivity index (χ1v) is 8.43. The summed E-state index contributed by atoms with van der Waals surface area (Å²) in [6, 6.07) is 0.484. The van der Waals surface area contributed by atoms with Gasteiger partial charge in [0.25, 0.3) is 0 Å². The number of ether oxygens (including phenoxy) is 1. The molecule has 5 nitrogen and oxygen atoms in total. The molecule has 1 heterocycles. The predicted molar refractivity (Wildman–Crippen MR) is 108 cm³/mol. The fourth-order valence-electron chi connectivity index (χ4n) is 3.21. The Morgan fingerprint density at radius 3 is 2.30 bits per heavy atom. The van der Waals surface area contributed by atoms with Gasteiger partial charge in [-0.15, -0.1) is 24.0 Å². The van der Waals surface area contributed by atoms with Gasteiger partial charge in [-0.25, -0.2) is 0 Å². The third kappa shape index (κ3) is 6.23. The van der Waals surface area contributed by atoms with Crippen molar-refractivity contribution >= 4 is 29.9 Å². The molecule has 2 unspecified atom stereocenters. The molecule has 0 saturated carbocycles. The lowest BCUT2D eigenvalue weighted by atomic mass is 10.00. The zero-order valence-corrected chi connectivity index (χ0v) is 17.5. The molecule has 2 rings (SSSR count).